The first kappa shape index (κ1) is 15.0. The van der Waals surface area contributed by atoms with Gasteiger partial charge in [0.05, 0.1) is 0 Å². The van der Waals surface area contributed by atoms with E-state index in [4.69, 9.17) is 0 Å². The first-order valence-corrected chi connectivity index (χ1v) is 7.89. The molecule has 0 aromatic carbocycles. The molecule has 102 valence electrons. The molecule has 0 radical (unpaired) electrons. The van der Waals surface area contributed by atoms with Gasteiger partial charge in [-0.05, 0) is 49.6 Å². The second kappa shape index (κ2) is 7.41. The molecule has 0 aromatic heterocycles. The van der Waals surface area contributed by atoms with Crippen LogP contribution in [0.3, 0.4) is 0 Å². The summed E-state index contributed by atoms with van der Waals surface area (Å²) in [5.74, 6) is 1.91. The molecule has 1 rings (SSSR count). The van der Waals surface area contributed by atoms with Crippen molar-refractivity contribution in [2.75, 3.05) is 13.1 Å². The Bertz CT molecular complexity index is 188. The molecule has 0 heterocycles. The molecule has 1 saturated carbocycles. The van der Waals surface area contributed by atoms with Gasteiger partial charge in [-0.15, -0.1) is 0 Å². The van der Waals surface area contributed by atoms with Gasteiger partial charge in [-0.2, -0.15) is 0 Å². The maximum Gasteiger partial charge on any atom is -0.00436 e. The van der Waals surface area contributed by atoms with E-state index in [1.165, 1.54) is 51.5 Å². The Morgan fingerprint density at radius 2 is 1.71 bits per heavy atom. The molecule has 1 aliphatic rings. The molecule has 1 fully saturated rings. The molecule has 0 aliphatic heterocycles. The van der Waals surface area contributed by atoms with Crippen LogP contribution in [0, 0.1) is 17.3 Å². The van der Waals surface area contributed by atoms with Crippen LogP contribution in [0.5, 0.6) is 0 Å². The summed E-state index contributed by atoms with van der Waals surface area (Å²) in [6.07, 6.45) is 10.0. The fourth-order valence-electron chi connectivity index (χ4n) is 4.08. The highest BCUT2D eigenvalue weighted by Gasteiger charge is 2.40. The third kappa shape index (κ3) is 3.71. The van der Waals surface area contributed by atoms with Gasteiger partial charge in [-0.1, -0.05) is 53.4 Å². The Morgan fingerprint density at radius 3 is 2.18 bits per heavy atom. The van der Waals surface area contributed by atoms with Crippen LogP contribution >= 0.6 is 0 Å². The van der Waals surface area contributed by atoms with Crippen molar-refractivity contribution in [3.8, 4) is 0 Å². The summed E-state index contributed by atoms with van der Waals surface area (Å²) in [7, 11) is 0. The van der Waals surface area contributed by atoms with E-state index in [1.54, 1.807) is 0 Å². The molecule has 0 amide bonds. The van der Waals surface area contributed by atoms with Crippen molar-refractivity contribution in [2.45, 2.75) is 72.6 Å². The molecule has 1 aliphatic carbocycles. The highest BCUT2D eigenvalue weighted by atomic mass is 14.8. The van der Waals surface area contributed by atoms with Crippen LogP contribution in [-0.4, -0.2) is 13.1 Å². The van der Waals surface area contributed by atoms with Crippen LogP contribution in [0.4, 0.5) is 0 Å². The summed E-state index contributed by atoms with van der Waals surface area (Å²) < 4.78 is 0. The molecule has 1 N–H and O–H groups in total. The van der Waals surface area contributed by atoms with Crippen molar-refractivity contribution in [1.82, 2.24) is 5.32 Å². The molecule has 0 bridgehead atoms. The minimum Gasteiger partial charge on any atom is -0.317 e. The second-order valence-corrected chi connectivity index (χ2v) is 6.10. The Balaban J connectivity index is 2.67. The molecule has 0 saturated heterocycles. The maximum atomic E-state index is 3.53. The molecule has 1 unspecified atom stereocenters. The van der Waals surface area contributed by atoms with Crippen LogP contribution in [-0.2, 0) is 0 Å². The summed E-state index contributed by atoms with van der Waals surface area (Å²) in [6.45, 7) is 11.9. The number of hydrogen-bond acceptors (Lipinski definition) is 1. The molecule has 17 heavy (non-hydrogen) atoms. The van der Waals surface area contributed by atoms with E-state index < -0.39 is 0 Å². The van der Waals surface area contributed by atoms with E-state index >= 15 is 0 Å². The van der Waals surface area contributed by atoms with Gasteiger partial charge in [0.25, 0.3) is 0 Å². The van der Waals surface area contributed by atoms with E-state index in [0.717, 1.165) is 18.4 Å². The first-order chi connectivity index (χ1) is 8.19. The normalized spacial score (nSPS) is 21.0. The lowest BCUT2D eigenvalue weighted by molar-refractivity contribution is 0.0754. The van der Waals surface area contributed by atoms with E-state index in [-0.39, 0.29) is 0 Å². The minimum atomic E-state index is 0.585. The van der Waals surface area contributed by atoms with Gasteiger partial charge < -0.3 is 5.32 Å². The number of hydrogen-bond donors (Lipinski definition) is 1. The third-order valence-electron chi connectivity index (χ3n) is 5.30. The summed E-state index contributed by atoms with van der Waals surface area (Å²) in [4.78, 5) is 0. The zero-order valence-electron chi connectivity index (χ0n) is 12.5. The fraction of sp³-hybridized carbons (Fsp3) is 1.00. The standard InChI is InChI=1S/C16H33N/c1-5-14(6-2)16(4,12-13-17-7-3)15-10-8-9-11-15/h14-15,17H,5-13H2,1-4H3. The largest absolute Gasteiger partial charge is 0.317 e. The maximum absolute atomic E-state index is 3.53. The summed E-state index contributed by atoms with van der Waals surface area (Å²) in [5, 5.41) is 3.53. The molecule has 0 spiro atoms. The van der Waals surface area contributed by atoms with E-state index in [0.29, 0.717) is 5.41 Å². The SMILES string of the molecule is CCNCCC(C)(C(CC)CC)C1CCCC1. The molecular weight excluding hydrogens is 206 g/mol. The lowest BCUT2D eigenvalue weighted by Crippen LogP contribution is -2.37. The Labute approximate surface area is 109 Å². The predicted octanol–water partition coefficient (Wildman–Crippen LogP) is 4.62. The highest BCUT2D eigenvalue weighted by molar-refractivity contribution is 4.90. The van der Waals surface area contributed by atoms with Crippen molar-refractivity contribution in [2.24, 2.45) is 17.3 Å². The third-order valence-corrected chi connectivity index (χ3v) is 5.30. The van der Waals surface area contributed by atoms with Crippen molar-refractivity contribution in [1.29, 1.82) is 0 Å². The monoisotopic (exact) mass is 239 g/mol. The minimum absolute atomic E-state index is 0.585. The number of rotatable bonds is 8. The lowest BCUT2D eigenvalue weighted by Gasteiger charge is -2.42. The van der Waals surface area contributed by atoms with Gasteiger partial charge >= 0.3 is 0 Å². The summed E-state index contributed by atoms with van der Waals surface area (Å²) >= 11 is 0. The molecule has 1 atom stereocenters. The van der Waals surface area contributed by atoms with Crippen LogP contribution in [0.25, 0.3) is 0 Å². The van der Waals surface area contributed by atoms with Crippen LogP contribution < -0.4 is 5.32 Å². The van der Waals surface area contributed by atoms with Gasteiger partial charge in [-0.25, -0.2) is 0 Å². The highest BCUT2D eigenvalue weighted by Crippen LogP contribution is 2.49. The fourth-order valence-corrected chi connectivity index (χ4v) is 4.08. The zero-order chi connectivity index (χ0) is 12.7. The van der Waals surface area contributed by atoms with Crippen molar-refractivity contribution in [3.63, 3.8) is 0 Å². The van der Waals surface area contributed by atoms with E-state index in [2.05, 4.69) is 33.0 Å². The van der Waals surface area contributed by atoms with Crippen molar-refractivity contribution < 1.29 is 0 Å². The summed E-state index contributed by atoms with van der Waals surface area (Å²) in [5.41, 5.74) is 0.585. The molecular formula is C16H33N. The van der Waals surface area contributed by atoms with Crippen molar-refractivity contribution in [3.05, 3.63) is 0 Å². The molecule has 1 nitrogen and oxygen atoms in total. The number of nitrogens with one attached hydrogen (secondary N) is 1. The van der Waals surface area contributed by atoms with Gasteiger partial charge in [0.1, 0.15) is 0 Å². The Hall–Kier alpha value is -0.0400. The second-order valence-electron chi connectivity index (χ2n) is 6.10. The Kier molecular flexibility index (Phi) is 6.54. The van der Waals surface area contributed by atoms with Gasteiger partial charge in [0, 0.05) is 0 Å². The molecule has 0 aromatic rings. The quantitative estimate of drug-likeness (QED) is 0.610. The van der Waals surface area contributed by atoms with Gasteiger partial charge in [0.15, 0.2) is 0 Å². The zero-order valence-corrected chi connectivity index (χ0v) is 12.5. The van der Waals surface area contributed by atoms with Crippen molar-refractivity contribution >= 4 is 0 Å². The van der Waals surface area contributed by atoms with E-state index in [1.807, 2.05) is 0 Å². The van der Waals surface area contributed by atoms with Crippen LogP contribution in [0.2, 0.25) is 0 Å². The van der Waals surface area contributed by atoms with Gasteiger partial charge in [-0.3, -0.25) is 0 Å². The smallest absolute Gasteiger partial charge is 0.00436 e. The molecule has 1 heteroatoms. The first-order valence-electron chi connectivity index (χ1n) is 7.89. The average Bonchev–Trinajstić information content (AvgIpc) is 2.85. The summed E-state index contributed by atoms with van der Waals surface area (Å²) in [6, 6.07) is 0. The van der Waals surface area contributed by atoms with Crippen LogP contribution in [0.15, 0.2) is 0 Å². The van der Waals surface area contributed by atoms with Gasteiger partial charge in [0.2, 0.25) is 0 Å². The predicted molar refractivity (Wildman–Crippen MR) is 77.3 cm³/mol. The van der Waals surface area contributed by atoms with Crippen LogP contribution in [0.1, 0.15) is 72.6 Å². The topological polar surface area (TPSA) is 12.0 Å². The Morgan fingerprint density at radius 1 is 1.12 bits per heavy atom. The van der Waals surface area contributed by atoms with E-state index in [9.17, 15) is 0 Å². The average molecular weight is 239 g/mol. The lowest BCUT2D eigenvalue weighted by atomic mass is 9.63.